The minimum atomic E-state index is -1.32. The zero-order chi connectivity index (χ0) is 12.3. The average Bonchev–Trinajstić information content (AvgIpc) is 2.23. The first kappa shape index (κ1) is 12.5. The van der Waals surface area contributed by atoms with Crippen LogP contribution in [-0.2, 0) is 9.47 Å². The molecule has 0 amide bonds. The summed E-state index contributed by atoms with van der Waals surface area (Å²) in [4.78, 5) is 9.50. The molecule has 0 radical (unpaired) electrons. The first-order valence-corrected chi connectivity index (χ1v) is 4.20. The van der Waals surface area contributed by atoms with E-state index in [0.717, 1.165) is 12.1 Å². The molecule has 0 aliphatic heterocycles. The third-order valence-corrected chi connectivity index (χ3v) is 1.97. The van der Waals surface area contributed by atoms with E-state index in [2.05, 4.69) is 9.47 Å². The molecular weight excluding hydrogens is 224 g/mol. The van der Waals surface area contributed by atoms with Crippen LogP contribution in [0.1, 0.15) is 11.9 Å². The molecule has 0 saturated carbocycles. The Balaban J connectivity index is 3.36. The van der Waals surface area contributed by atoms with Crippen LogP contribution in [0.15, 0.2) is 12.1 Å². The normalized spacial score (nSPS) is 10.8. The van der Waals surface area contributed by atoms with Gasteiger partial charge in [0.15, 0.2) is 6.29 Å². The number of nitro benzene ring substituents is 1. The van der Waals surface area contributed by atoms with Crippen LogP contribution in [0.2, 0.25) is 0 Å². The highest BCUT2D eigenvalue weighted by Crippen LogP contribution is 2.29. The fourth-order valence-corrected chi connectivity index (χ4v) is 1.25. The van der Waals surface area contributed by atoms with Gasteiger partial charge in [-0.3, -0.25) is 10.1 Å². The highest BCUT2D eigenvalue weighted by atomic mass is 19.1. The Labute approximate surface area is 89.7 Å². The Hall–Kier alpha value is -1.60. The average molecular weight is 233 g/mol. The van der Waals surface area contributed by atoms with E-state index in [1.54, 1.807) is 0 Å². The molecule has 1 rings (SSSR count). The summed E-state index contributed by atoms with van der Waals surface area (Å²) >= 11 is 0. The Morgan fingerprint density at radius 1 is 1.31 bits per heavy atom. The van der Waals surface area contributed by atoms with Gasteiger partial charge in [-0.2, -0.15) is 4.39 Å². The van der Waals surface area contributed by atoms with E-state index < -0.39 is 34.1 Å². The van der Waals surface area contributed by atoms with E-state index in [1.807, 2.05) is 0 Å². The molecule has 0 N–H and O–H groups in total. The summed E-state index contributed by atoms with van der Waals surface area (Å²) < 4.78 is 36.2. The second kappa shape index (κ2) is 4.95. The molecule has 0 fully saturated rings. The number of nitrogens with zero attached hydrogens (tertiary/aromatic N) is 1. The summed E-state index contributed by atoms with van der Waals surface area (Å²) in [5.74, 6) is -2.25. The van der Waals surface area contributed by atoms with Crippen LogP contribution < -0.4 is 0 Å². The number of hydrogen-bond acceptors (Lipinski definition) is 4. The van der Waals surface area contributed by atoms with Crippen molar-refractivity contribution in [3.05, 3.63) is 39.4 Å². The number of ether oxygens (including phenoxy) is 2. The van der Waals surface area contributed by atoms with E-state index in [0.29, 0.717) is 0 Å². The highest BCUT2D eigenvalue weighted by Gasteiger charge is 2.27. The summed E-state index contributed by atoms with van der Waals surface area (Å²) in [6.07, 6.45) is -1.32. The predicted molar refractivity (Wildman–Crippen MR) is 49.8 cm³/mol. The van der Waals surface area contributed by atoms with E-state index in [1.165, 1.54) is 14.2 Å². The number of hydrogen-bond donors (Lipinski definition) is 0. The molecule has 16 heavy (non-hydrogen) atoms. The largest absolute Gasteiger partial charge is 0.351 e. The van der Waals surface area contributed by atoms with Gasteiger partial charge in [-0.05, 0) is 6.07 Å². The van der Waals surface area contributed by atoms with Crippen LogP contribution in [0.5, 0.6) is 0 Å². The number of benzene rings is 1. The molecular formula is C9H9F2NO4. The second-order valence-corrected chi connectivity index (χ2v) is 2.85. The van der Waals surface area contributed by atoms with Crippen molar-refractivity contribution in [2.24, 2.45) is 0 Å². The number of methoxy groups -OCH3 is 2. The van der Waals surface area contributed by atoms with E-state index in [-0.39, 0.29) is 0 Å². The maximum Gasteiger partial charge on any atom is 0.305 e. The summed E-state index contributed by atoms with van der Waals surface area (Å²) in [6.45, 7) is 0. The molecule has 5 nitrogen and oxygen atoms in total. The molecule has 0 saturated heterocycles. The lowest BCUT2D eigenvalue weighted by molar-refractivity contribution is -0.387. The van der Waals surface area contributed by atoms with Gasteiger partial charge in [0, 0.05) is 20.3 Å². The van der Waals surface area contributed by atoms with Gasteiger partial charge in [-0.25, -0.2) is 4.39 Å². The van der Waals surface area contributed by atoms with Gasteiger partial charge in [0.25, 0.3) is 0 Å². The molecule has 0 atom stereocenters. The van der Waals surface area contributed by atoms with E-state index in [9.17, 15) is 18.9 Å². The maximum atomic E-state index is 13.6. The number of halogens is 2. The topological polar surface area (TPSA) is 61.6 Å². The summed E-state index contributed by atoms with van der Waals surface area (Å²) in [6, 6.07) is 1.54. The van der Waals surface area contributed by atoms with Crippen molar-refractivity contribution < 1.29 is 23.2 Å². The van der Waals surface area contributed by atoms with Gasteiger partial charge in [-0.1, -0.05) is 0 Å². The minimum absolute atomic E-state index is 0.612. The Morgan fingerprint density at radius 3 is 2.31 bits per heavy atom. The van der Waals surface area contributed by atoms with Crippen molar-refractivity contribution in [1.82, 2.24) is 0 Å². The summed E-state index contributed by atoms with van der Waals surface area (Å²) in [7, 11) is 2.34. The molecule has 1 aromatic rings. The van der Waals surface area contributed by atoms with Gasteiger partial charge >= 0.3 is 5.69 Å². The fourth-order valence-electron chi connectivity index (χ4n) is 1.25. The highest BCUT2D eigenvalue weighted by molar-refractivity contribution is 5.38. The van der Waals surface area contributed by atoms with E-state index >= 15 is 0 Å². The molecule has 0 aliphatic rings. The smallest absolute Gasteiger partial charge is 0.305 e. The van der Waals surface area contributed by atoms with Crippen molar-refractivity contribution in [3.63, 3.8) is 0 Å². The molecule has 0 heterocycles. The number of rotatable bonds is 4. The standard InChI is InChI=1S/C9H9F2NO4/c1-15-9(16-2)7-5(10)3-4-6(8(7)11)12(13)14/h3-4,9H,1-2H3. The van der Waals surface area contributed by atoms with Crippen LogP contribution in [-0.4, -0.2) is 19.1 Å². The molecule has 0 aliphatic carbocycles. The first-order chi connectivity index (χ1) is 7.52. The minimum Gasteiger partial charge on any atom is -0.351 e. The number of nitro groups is 1. The van der Waals surface area contributed by atoms with E-state index in [4.69, 9.17) is 0 Å². The SMILES string of the molecule is COC(OC)c1c(F)ccc([N+](=O)[O-])c1F. The molecule has 0 spiro atoms. The third kappa shape index (κ3) is 2.15. The van der Waals surface area contributed by atoms with Crippen LogP contribution in [0, 0.1) is 21.7 Å². The van der Waals surface area contributed by atoms with Gasteiger partial charge in [0.1, 0.15) is 5.82 Å². The molecule has 0 unspecified atom stereocenters. The lowest BCUT2D eigenvalue weighted by Crippen LogP contribution is -2.10. The monoisotopic (exact) mass is 233 g/mol. The van der Waals surface area contributed by atoms with Crippen molar-refractivity contribution in [2.75, 3.05) is 14.2 Å². The van der Waals surface area contributed by atoms with Gasteiger partial charge < -0.3 is 9.47 Å². The molecule has 1 aromatic carbocycles. The summed E-state index contributed by atoms with van der Waals surface area (Å²) in [5.41, 5.74) is -1.44. The zero-order valence-corrected chi connectivity index (χ0v) is 8.57. The van der Waals surface area contributed by atoms with Crippen molar-refractivity contribution in [1.29, 1.82) is 0 Å². The molecule has 0 bridgehead atoms. The van der Waals surface area contributed by atoms with Gasteiger partial charge in [0.2, 0.25) is 5.82 Å². The Bertz CT molecular complexity index is 407. The van der Waals surface area contributed by atoms with Crippen molar-refractivity contribution >= 4 is 5.69 Å². The third-order valence-electron chi connectivity index (χ3n) is 1.97. The quantitative estimate of drug-likeness (QED) is 0.454. The summed E-state index contributed by atoms with van der Waals surface area (Å²) in [5, 5.41) is 10.4. The second-order valence-electron chi connectivity index (χ2n) is 2.85. The predicted octanol–water partition coefficient (Wildman–Crippen LogP) is 2.16. The Morgan fingerprint density at radius 2 is 1.88 bits per heavy atom. The van der Waals surface area contributed by atoms with Crippen molar-refractivity contribution in [3.8, 4) is 0 Å². The van der Waals surface area contributed by atoms with Gasteiger partial charge in [-0.15, -0.1) is 0 Å². The maximum absolute atomic E-state index is 13.6. The van der Waals surface area contributed by atoms with Crippen LogP contribution >= 0.6 is 0 Å². The molecule has 88 valence electrons. The zero-order valence-electron chi connectivity index (χ0n) is 8.57. The first-order valence-electron chi connectivity index (χ1n) is 4.20. The molecule has 0 aromatic heterocycles. The lowest BCUT2D eigenvalue weighted by atomic mass is 10.1. The van der Waals surface area contributed by atoms with Crippen LogP contribution in [0.25, 0.3) is 0 Å². The van der Waals surface area contributed by atoms with Crippen LogP contribution in [0.4, 0.5) is 14.5 Å². The van der Waals surface area contributed by atoms with Crippen molar-refractivity contribution in [2.45, 2.75) is 6.29 Å². The Kier molecular flexibility index (Phi) is 3.86. The van der Waals surface area contributed by atoms with Crippen LogP contribution in [0.3, 0.4) is 0 Å². The molecule has 7 heteroatoms. The fraction of sp³-hybridized carbons (Fsp3) is 0.333. The van der Waals surface area contributed by atoms with Gasteiger partial charge in [0.05, 0.1) is 10.5 Å². The lowest BCUT2D eigenvalue weighted by Gasteiger charge is -2.14.